The lowest BCUT2D eigenvalue weighted by Crippen LogP contribution is -2.40. The molecule has 0 saturated carbocycles. The monoisotopic (exact) mass is 545 g/mol. The second kappa shape index (κ2) is 10.6. The molecule has 6 rings (SSSR count). The van der Waals surface area contributed by atoms with Crippen molar-refractivity contribution in [3.8, 4) is 22.6 Å². The van der Waals surface area contributed by atoms with Crippen molar-refractivity contribution in [1.82, 2.24) is 4.90 Å². The van der Waals surface area contributed by atoms with Crippen molar-refractivity contribution in [3.05, 3.63) is 81.7 Å². The van der Waals surface area contributed by atoms with E-state index in [1.807, 2.05) is 43.0 Å². The molecule has 3 aromatic rings. The SMILES string of the molecule is Cc1cc(C(=O)N2CCOCC2)cc(C)c1-c1ccc(F)c2c1CC[C@H]2Oc1ccc2c(c1)OC[C@H]2CC(=O)O. The van der Waals surface area contributed by atoms with Gasteiger partial charge < -0.3 is 24.2 Å². The Morgan fingerprint density at radius 1 is 1.07 bits per heavy atom. The summed E-state index contributed by atoms with van der Waals surface area (Å²) in [6.45, 7) is 6.60. The van der Waals surface area contributed by atoms with Gasteiger partial charge in [0.05, 0.1) is 26.2 Å². The molecule has 0 bridgehead atoms. The van der Waals surface area contributed by atoms with Gasteiger partial charge in [0.25, 0.3) is 5.91 Å². The maximum absolute atomic E-state index is 15.3. The fraction of sp³-hybridized carbons (Fsp3) is 0.375. The number of halogens is 1. The number of carboxylic acids is 1. The molecule has 1 amide bonds. The Balaban J connectivity index is 1.27. The van der Waals surface area contributed by atoms with Crippen LogP contribution in [0.15, 0.2) is 42.5 Å². The third-order valence-electron chi connectivity index (χ3n) is 8.19. The van der Waals surface area contributed by atoms with Crippen LogP contribution in [-0.2, 0) is 16.0 Å². The Morgan fingerprint density at radius 3 is 2.55 bits per heavy atom. The normalized spacial score (nSPS) is 19.6. The van der Waals surface area contributed by atoms with E-state index >= 15 is 4.39 Å². The number of carboxylic acid groups (broad SMARTS) is 1. The zero-order valence-electron chi connectivity index (χ0n) is 22.7. The first kappa shape index (κ1) is 26.3. The lowest BCUT2D eigenvalue weighted by Gasteiger charge is -2.27. The minimum absolute atomic E-state index is 0.00598. The number of aliphatic carboxylic acids is 1. The van der Waals surface area contributed by atoms with Crippen LogP contribution in [-0.4, -0.2) is 54.8 Å². The van der Waals surface area contributed by atoms with Crippen LogP contribution in [0.3, 0.4) is 0 Å². The quantitative estimate of drug-likeness (QED) is 0.434. The number of hydrogen-bond donors (Lipinski definition) is 1. The van der Waals surface area contributed by atoms with Crippen molar-refractivity contribution in [2.24, 2.45) is 0 Å². The second-order valence-electron chi connectivity index (χ2n) is 10.8. The third kappa shape index (κ3) is 4.81. The van der Waals surface area contributed by atoms with Gasteiger partial charge in [-0.25, -0.2) is 4.39 Å². The third-order valence-corrected chi connectivity index (χ3v) is 8.19. The fourth-order valence-corrected chi connectivity index (χ4v) is 6.36. The predicted molar refractivity (Wildman–Crippen MR) is 147 cm³/mol. The van der Waals surface area contributed by atoms with Gasteiger partial charge in [-0.15, -0.1) is 0 Å². The number of amides is 1. The smallest absolute Gasteiger partial charge is 0.304 e. The van der Waals surface area contributed by atoms with E-state index in [1.54, 1.807) is 12.1 Å². The molecule has 1 aliphatic carbocycles. The largest absolute Gasteiger partial charge is 0.492 e. The van der Waals surface area contributed by atoms with E-state index in [2.05, 4.69) is 0 Å². The molecule has 208 valence electrons. The summed E-state index contributed by atoms with van der Waals surface area (Å²) in [4.78, 5) is 26.1. The zero-order chi connectivity index (χ0) is 28.0. The van der Waals surface area contributed by atoms with Crippen LogP contribution in [0.5, 0.6) is 11.5 Å². The summed E-state index contributed by atoms with van der Waals surface area (Å²) in [6.07, 6.45) is 0.863. The van der Waals surface area contributed by atoms with Crippen LogP contribution in [0.2, 0.25) is 0 Å². The molecule has 7 nitrogen and oxygen atoms in total. The summed E-state index contributed by atoms with van der Waals surface area (Å²) >= 11 is 0. The van der Waals surface area contributed by atoms with Crippen molar-refractivity contribution in [2.45, 2.75) is 45.1 Å². The molecule has 3 aliphatic rings. The molecular weight excluding hydrogens is 513 g/mol. The Kier molecular flexibility index (Phi) is 6.96. The van der Waals surface area contributed by atoms with E-state index in [0.29, 0.717) is 68.4 Å². The lowest BCUT2D eigenvalue weighted by atomic mass is 9.89. The maximum atomic E-state index is 15.3. The summed E-state index contributed by atoms with van der Waals surface area (Å²) < 4.78 is 32.7. The first-order valence-electron chi connectivity index (χ1n) is 13.7. The molecule has 2 heterocycles. The van der Waals surface area contributed by atoms with Gasteiger partial charge in [-0.05, 0) is 78.8 Å². The van der Waals surface area contributed by atoms with Crippen molar-refractivity contribution < 1.29 is 33.3 Å². The Hall–Kier alpha value is -3.91. The van der Waals surface area contributed by atoms with E-state index < -0.39 is 12.1 Å². The van der Waals surface area contributed by atoms with E-state index in [4.69, 9.17) is 19.3 Å². The Morgan fingerprint density at radius 2 is 1.82 bits per heavy atom. The van der Waals surface area contributed by atoms with Crippen molar-refractivity contribution >= 4 is 11.9 Å². The number of carbonyl (C=O) groups excluding carboxylic acids is 1. The number of morpholine rings is 1. The molecule has 1 saturated heterocycles. The summed E-state index contributed by atoms with van der Waals surface area (Å²) in [7, 11) is 0. The van der Waals surface area contributed by atoms with E-state index in [-0.39, 0.29) is 24.1 Å². The van der Waals surface area contributed by atoms with Gasteiger partial charge >= 0.3 is 5.97 Å². The molecule has 1 N–H and O–H groups in total. The fourth-order valence-electron chi connectivity index (χ4n) is 6.36. The van der Waals surface area contributed by atoms with Crippen molar-refractivity contribution in [1.29, 1.82) is 0 Å². The maximum Gasteiger partial charge on any atom is 0.304 e. The standard InChI is InChI=1S/C32H32FNO6/c1-18-13-20(32(37)34-9-11-38-12-10-34)14-19(2)30(18)24-5-7-26(33)31-25(24)6-8-27(31)40-22-3-4-23-21(15-29(35)36)17-39-28(23)16-22/h3-5,7,13-14,16,21,27H,6,8-12,15,17H2,1-2H3,(H,35,36)/t21-,27-/m1/s1. The van der Waals surface area contributed by atoms with Gasteiger partial charge in [0.1, 0.15) is 23.4 Å². The highest BCUT2D eigenvalue weighted by Gasteiger charge is 2.32. The molecule has 1 fully saturated rings. The molecule has 2 aliphatic heterocycles. The van der Waals surface area contributed by atoms with Gasteiger partial charge in [0, 0.05) is 41.8 Å². The van der Waals surface area contributed by atoms with E-state index in [0.717, 1.165) is 33.4 Å². The number of benzene rings is 3. The van der Waals surface area contributed by atoms with Gasteiger partial charge in [-0.1, -0.05) is 12.1 Å². The lowest BCUT2D eigenvalue weighted by molar-refractivity contribution is -0.137. The summed E-state index contributed by atoms with van der Waals surface area (Å²) in [5.74, 6) is -0.152. The van der Waals surface area contributed by atoms with Crippen LogP contribution >= 0.6 is 0 Å². The average molecular weight is 546 g/mol. The van der Waals surface area contributed by atoms with Crippen molar-refractivity contribution in [3.63, 3.8) is 0 Å². The zero-order valence-corrected chi connectivity index (χ0v) is 22.7. The van der Waals surface area contributed by atoms with Gasteiger partial charge in [0.15, 0.2) is 0 Å². The number of ether oxygens (including phenoxy) is 3. The number of hydrogen-bond acceptors (Lipinski definition) is 5. The predicted octanol–water partition coefficient (Wildman–Crippen LogP) is 5.60. The molecule has 40 heavy (non-hydrogen) atoms. The molecule has 0 unspecified atom stereocenters. The van der Waals surface area contributed by atoms with Crippen LogP contribution in [0, 0.1) is 19.7 Å². The number of fused-ring (bicyclic) bond motifs is 2. The molecule has 8 heteroatoms. The minimum atomic E-state index is -0.862. The van der Waals surface area contributed by atoms with E-state index in [1.165, 1.54) is 6.07 Å². The number of nitrogens with zero attached hydrogens (tertiary/aromatic N) is 1. The van der Waals surface area contributed by atoms with Crippen LogP contribution in [0.1, 0.15) is 63.0 Å². The molecule has 0 radical (unpaired) electrons. The van der Waals surface area contributed by atoms with E-state index in [9.17, 15) is 9.59 Å². The highest BCUT2D eigenvalue weighted by atomic mass is 19.1. The molecule has 2 atom stereocenters. The molecular formula is C32H32FNO6. The topological polar surface area (TPSA) is 85.3 Å². The Bertz CT molecular complexity index is 1470. The number of rotatable bonds is 6. The average Bonchev–Trinajstić information content (AvgIpc) is 3.54. The van der Waals surface area contributed by atoms with Crippen LogP contribution in [0.25, 0.3) is 11.1 Å². The summed E-state index contributed by atoms with van der Waals surface area (Å²) in [6, 6.07) is 12.6. The first-order chi connectivity index (χ1) is 19.3. The number of carbonyl (C=O) groups is 2. The highest BCUT2D eigenvalue weighted by Crippen LogP contribution is 2.45. The van der Waals surface area contributed by atoms with Gasteiger partial charge in [-0.3, -0.25) is 9.59 Å². The summed E-state index contributed by atoms with van der Waals surface area (Å²) in [5.41, 5.74) is 6.95. The molecule has 0 spiro atoms. The van der Waals surface area contributed by atoms with Gasteiger partial charge in [-0.2, -0.15) is 0 Å². The van der Waals surface area contributed by atoms with Crippen LogP contribution in [0.4, 0.5) is 4.39 Å². The first-order valence-corrected chi connectivity index (χ1v) is 13.7. The summed E-state index contributed by atoms with van der Waals surface area (Å²) in [5, 5.41) is 9.16. The molecule has 0 aromatic heterocycles. The number of aryl methyl sites for hydroxylation is 2. The Labute approximate surface area is 232 Å². The minimum Gasteiger partial charge on any atom is -0.492 e. The van der Waals surface area contributed by atoms with Gasteiger partial charge in [0.2, 0.25) is 0 Å². The highest BCUT2D eigenvalue weighted by molar-refractivity contribution is 5.96. The van der Waals surface area contributed by atoms with Crippen molar-refractivity contribution in [2.75, 3.05) is 32.9 Å². The molecule has 3 aromatic carbocycles. The second-order valence-corrected chi connectivity index (χ2v) is 10.8. The van der Waals surface area contributed by atoms with Crippen LogP contribution < -0.4 is 9.47 Å².